The molecule has 90 valence electrons. The van der Waals surface area contributed by atoms with E-state index in [2.05, 4.69) is 46.5 Å². The number of likely N-dealkylation sites (N-methyl/N-ethyl adjacent to an activating group) is 1. The second-order valence-corrected chi connectivity index (χ2v) is 4.88. The summed E-state index contributed by atoms with van der Waals surface area (Å²) >= 11 is 1.64. The maximum atomic E-state index is 4.19. The molecule has 0 radical (unpaired) electrons. The van der Waals surface area contributed by atoms with Crippen LogP contribution >= 0.6 is 11.3 Å². The van der Waals surface area contributed by atoms with E-state index in [-0.39, 0.29) is 0 Å². The van der Waals surface area contributed by atoms with Gasteiger partial charge in [0.15, 0.2) is 5.13 Å². The summed E-state index contributed by atoms with van der Waals surface area (Å²) in [4.78, 5) is 6.49. The molecule has 1 aromatic heterocycles. The molecule has 2 aromatic rings. The van der Waals surface area contributed by atoms with Crippen molar-refractivity contribution in [1.82, 2.24) is 9.88 Å². The van der Waals surface area contributed by atoms with Crippen LogP contribution in [0.3, 0.4) is 0 Å². The maximum Gasteiger partial charge on any atom is 0.182 e. The van der Waals surface area contributed by atoms with Gasteiger partial charge in [0, 0.05) is 31.2 Å². The lowest BCUT2D eigenvalue weighted by atomic mass is 10.2. The molecule has 0 saturated heterocycles. The van der Waals surface area contributed by atoms with Crippen molar-refractivity contribution in [3.8, 4) is 0 Å². The van der Waals surface area contributed by atoms with Gasteiger partial charge in [-0.15, -0.1) is 11.3 Å². The van der Waals surface area contributed by atoms with Gasteiger partial charge in [-0.25, -0.2) is 4.98 Å². The van der Waals surface area contributed by atoms with Crippen LogP contribution in [0.25, 0.3) is 0 Å². The topological polar surface area (TPSA) is 28.2 Å². The Morgan fingerprint density at radius 2 is 2.12 bits per heavy atom. The van der Waals surface area contributed by atoms with Gasteiger partial charge in [0.2, 0.25) is 0 Å². The summed E-state index contributed by atoms with van der Waals surface area (Å²) < 4.78 is 0. The van der Waals surface area contributed by atoms with Crippen LogP contribution < -0.4 is 5.32 Å². The fourth-order valence-electron chi connectivity index (χ4n) is 1.64. The zero-order chi connectivity index (χ0) is 11.9. The summed E-state index contributed by atoms with van der Waals surface area (Å²) in [6.07, 6.45) is 1.82. The highest BCUT2D eigenvalue weighted by molar-refractivity contribution is 7.13. The monoisotopic (exact) mass is 247 g/mol. The molecule has 1 heterocycles. The Balaban J connectivity index is 1.69. The SMILES string of the molecule is CN(CCNc1nccs1)Cc1ccccc1. The summed E-state index contributed by atoms with van der Waals surface area (Å²) in [6, 6.07) is 10.5. The summed E-state index contributed by atoms with van der Waals surface area (Å²) in [5.74, 6) is 0. The van der Waals surface area contributed by atoms with E-state index in [1.54, 1.807) is 11.3 Å². The summed E-state index contributed by atoms with van der Waals surface area (Å²) in [5, 5.41) is 6.29. The van der Waals surface area contributed by atoms with Crippen LogP contribution in [0.2, 0.25) is 0 Å². The molecule has 0 atom stereocenters. The van der Waals surface area contributed by atoms with Crippen molar-refractivity contribution in [2.45, 2.75) is 6.54 Å². The number of benzene rings is 1. The highest BCUT2D eigenvalue weighted by Gasteiger charge is 2.00. The quantitative estimate of drug-likeness (QED) is 0.850. The third-order valence-corrected chi connectivity index (χ3v) is 3.23. The normalized spacial score (nSPS) is 10.7. The molecule has 0 saturated carbocycles. The first-order chi connectivity index (χ1) is 8.34. The van der Waals surface area contributed by atoms with Gasteiger partial charge in [-0.2, -0.15) is 0 Å². The van der Waals surface area contributed by atoms with Crippen LogP contribution in [-0.2, 0) is 6.54 Å². The van der Waals surface area contributed by atoms with Crippen molar-refractivity contribution < 1.29 is 0 Å². The molecule has 2 rings (SSSR count). The van der Waals surface area contributed by atoms with Gasteiger partial charge < -0.3 is 10.2 Å². The fraction of sp³-hybridized carbons (Fsp3) is 0.308. The van der Waals surface area contributed by atoms with E-state index in [1.165, 1.54) is 5.56 Å². The first-order valence-electron chi connectivity index (χ1n) is 5.70. The lowest BCUT2D eigenvalue weighted by Crippen LogP contribution is -2.24. The maximum absolute atomic E-state index is 4.19. The van der Waals surface area contributed by atoms with E-state index < -0.39 is 0 Å². The molecule has 0 aliphatic carbocycles. The van der Waals surface area contributed by atoms with E-state index in [0.717, 1.165) is 24.8 Å². The largest absolute Gasteiger partial charge is 0.360 e. The molecular weight excluding hydrogens is 230 g/mol. The second-order valence-electron chi connectivity index (χ2n) is 3.99. The van der Waals surface area contributed by atoms with Gasteiger partial charge in [0.25, 0.3) is 0 Å². The summed E-state index contributed by atoms with van der Waals surface area (Å²) in [7, 11) is 2.14. The predicted octanol–water partition coefficient (Wildman–Crippen LogP) is 2.69. The molecule has 0 bridgehead atoms. The van der Waals surface area contributed by atoms with Gasteiger partial charge >= 0.3 is 0 Å². The van der Waals surface area contributed by atoms with Crippen LogP contribution in [0.15, 0.2) is 41.9 Å². The predicted molar refractivity (Wildman–Crippen MR) is 73.4 cm³/mol. The molecule has 1 aromatic carbocycles. The van der Waals surface area contributed by atoms with Gasteiger partial charge in [0.05, 0.1) is 0 Å². The molecule has 4 heteroatoms. The fourth-order valence-corrected chi connectivity index (χ4v) is 2.20. The smallest absolute Gasteiger partial charge is 0.182 e. The van der Waals surface area contributed by atoms with Crippen LogP contribution in [0.1, 0.15) is 5.56 Å². The van der Waals surface area contributed by atoms with Gasteiger partial charge in [-0.1, -0.05) is 30.3 Å². The van der Waals surface area contributed by atoms with Gasteiger partial charge in [-0.05, 0) is 12.6 Å². The molecule has 3 nitrogen and oxygen atoms in total. The van der Waals surface area contributed by atoms with Crippen LogP contribution in [0.4, 0.5) is 5.13 Å². The zero-order valence-corrected chi connectivity index (χ0v) is 10.8. The summed E-state index contributed by atoms with van der Waals surface area (Å²) in [5.41, 5.74) is 1.35. The van der Waals surface area contributed by atoms with Gasteiger partial charge in [-0.3, -0.25) is 0 Å². The van der Waals surface area contributed by atoms with E-state index in [0.29, 0.717) is 0 Å². The Kier molecular flexibility index (Phi) is 4.53. The average Bonchev–Trinajstić information content (AvgIpc) is 2.83. The number of thiazole rings is 1. The molecule has 0 amide bonds. The van der Waals surface area contributed by atoms with Crippen LogP contribution in [0, 0.1) is 0 Å². The molecule has 0 spiro atoms. The molecule has 0 aliphatic heterocycles. The molecule has 0 unspecified atom stereocenters. The Labute approximate surface area is 106 Å². The highest BCUT2D eigenvalue weighted by atomic mass is 32.1. The number of nitrogens with one attached hydrogen (secondary N) is 1. The first kappa shape index (κ1) is 12.1. The van der Waals surface area contributed by atoms with E-state index in [1.807, 2.05) is 17.6 Å². The van der Waals surface area contributed by atoms with Crippen molar-refractivity contribution in [1.29, 1.82) is 0 Å². The molecule has 0 aliphatic rings. The third-order valence-electron chi connectivity index (χ3n) is 2.50. The first-order valence-corrected chi connectivity index (χ1v) is 6.58. The molecule has 1 N–H and O–H groups in total. The minimum atomic E-state index is 0.927. The molecule has 0 fully saturated rings. The van der Waals surface area contributed by atoms with Crippen LogP contribution in [-0.4, -0.2) is 30.0 Å². The minimum Gasteiger partial charge on any atom is -0.360 e. The highest BCUT2D eigenvalue weighted by Crippen LogP contribution is 2.09. The number of hydrogen-bond acceptors (Lipinski definition) is 4. The van der Waals surface area contributed by atoms with Crippen molar-refractivity contribution in [3.05, 3.63) is 47.5 Å². The Morgan fingerprint density at radius 1 is 1.29 bits per heavy atom. The number of aromatic nitrogens is 1. The Morgan fingerprint density at radius 3 is 2.82 bits per heavy atom. The number of hydrogen-bond donors (Lipinski definition) is 1. The minimum absolute atomic E-state index is 0.927. The van der Waals surface area contributed by atoms with Crippen LogP contribution in [0.5, 0.6) is 0 Å². The van der Waals surface area contributed by atoms with E-state index in [4.69, 9.17) is 0 Å². The molecule has 17 heavy (non-hydrogen) atoms. The number of anilines is 1. The van der Waals surface area contributed by atoms with Gasteiger partial charge in [0.1, 0.15) is 0 Å². The average molecular weight is 247 g/mol. The van der Waals surface area contributed by atoms with E-state index in [9.17, 15) is 0 Å². The Hall–Kier alpha value is -1.39. The van der Waals surface area contributed by atoms with Crippen molar-refractivity contribution in [2.24, 2.45) is 0 Å². The lowest BCUT2D eigenvalue weighted by Gasteiger charge is -2.16. The number of rotatable bonds is 6. The summed E-state index contributed by atoms with van der Waals surface area (Å²) in [6.45, 7) is 2.92. The zero-order valence-electron chi connectivity index (χ0n) is 9.97. The van der Waals surface area contributed by atoms with Crippen molar-refractivity contribution >= 4 is 16.5 Å². The van der Waals surface area contributed by atoms with Crippen molar-refractivity contribution in [3.63, 3.8) is 0 Å². The Bertz CT molecular complexity index is 413. The van der Waals surface area contributed by atoms with E-state index >= 15 is 0 Å². The van der Waals surface area contributed by atoms with Crippen molar-refractivity contribution in [2.75, 3.05) is 25.5 Å². The molecular formula is C13H17N3S. The second kappa shape index (κ2) is 6.37. The third kappa shape index (κ3) is 4.17. The number of nitrogens with zero attached hydrogens (tertiary/aromatic N) is 2. The lowest BCUT2D eigenvalue weighted by molar-refractivity contribution is 0.340. The standard InChI is InChI=1S/C13H17N3S/c1-16(11-12-5-3-2-4-6-12)9-7-14-13-15-8-10-17-13/h2-6,8,10H,7,9,11H2,1H3,(H,14,15).